The summed E-state index contributed by atoms with van der Waals surface area (Å²) in [5.41, 5.74) is 0. The maximum atomic E-state index is 9.30. The second-order valence-corrected chi connectivity index (χ2v) is 10.8. The standard InChI is InChI=1S/C36H62O/c1-3-5-6-7-8-9-10-11-12-13-14-15-16-17-18-19-20-21-22-23-24-25-26-27-28-29-30-31-32-33-34-35-36(37)4-2/h2,19-20,23-24,36-37H,3,5-18,21-22,25-26,29-35H2,1H3/b20-19-,24-23-. The topological polar surface area (TPSA) is 20.2 Å². The Hall–Kier alpha value is -1.44. The van der Waals surface area contributed by atoms with Gasteiger partial charge >= 0.3 is 0 Å². The average molecular weight is 511 g/mol. The van der Waals surface area contributed by atoms with Crippen molar-refractivity contribution in [3.63, 3.8) is 0 Å². The lowest BCUT2D eigenvalue weighted by atomic mass is 10.0. The predicted molar refractivity (Wildman–Crippen MR) is 167 cm³/mol. The third-order valence-electron chi connectivity index (χ3n) is 7.09. The van der Waals surface area contributed by atoms with Crippen molar-refractivity contribution in [2.75, 3.05) is 0 Å². The average Bonchev–Trinajstić information content (AvgIpc) is 2.91. The lowest BCUT2D eigenvalue weighted by Crippen LogP contribution is -2.01. The Labute approximate surface area is 233 Å². The number of hydrogen-bond acceptors (Lipinski definition) is 1. The molecule has 1 atom stereocenters. The van der Waals surface area contributed by atoms with E-state index in [0.717, 1.165) is 44.9 Å². The van der Waals surface area contributed by atoms with Gasteiger partial charge in [0.05, 0.1) is 0 Å². The zero-order valence-corrected chi connectivity index (χ0v) is 24.8. The molecule has 0 radical (unpaired) electrons. The van der Waals surface area contributed by atoms with Crippen LogP contribution < -0.4 is 0 Å². The van der Waals surface area contributed by atoms with Gasteiger partial charge in [-0.05, 0) is 51.4 Å². The normalized spacial score (nSPS) is 12.1. The van der Waals surface area contributed by atoms with Gasteiger partial charge in [0.25, 0.3) is 0 Å². The minimum Gasteiger partial charge on any atom is -0.380 e. The van der Waals surface area contributed by atoms with E-state index in [4.69, 9.17) is 6.42 Å². The van der Waals surface area contributed by atoms with Crippen molar-refractivity contribution in [1.82, 2.24) is 0 Å². The summed E-state index contributed by atoms with van der Waals surface area (Å²) in [6.45, 7) is 2.29. The molecule has 0 aliphatic heterocycles. The largest absolute Gasteiger partial charge is 0.380 e. The summed E-state index contributed by atoms with van der Waals surface area (Å²) in [5, 5.41) is 9.30. The molecule has 0 fully saturated rings. The summed E-state index contributed by atoms with van der Waals surface area (Å²) in [5.74, 6) is 8.98. The van der Waals surface area contributed by atoms with Crippen LogP contribution in [0, 0.1) is 24.2 Å². The zero-order valence-electron chi connectivity index (χ0n) is 24.8. The van der Waals surface area contributed by atoms with Gasteiger partial charge in [0.15, 0.2) is 0 Å². The van der Waals surface area contributed by atoms with Crippen molar-refractivity contribution in [1.29, 1.82) is 0 Å². The summed E-state index contributed by atoms with van der Waals surface area (Å²) in [7, 11) is 0. The zero-order chi connectivity index (χ0) is 26.9. The molecular weight excluding hydrogens is 448 g/mol. The van der Waals surface area contributed by atoms with Crippen molar-refractivity contribution in [3.05, 3.63) is 24.3 Å². The second kappa shape index (κ2) is 32.6. The highest BCUT2D eigenvalue weighted by molar-refractivity contribution is 5.00. The highest BCUT2D eigenvalue weighted by atomic mass is 16.3. The van der Waals surface area contributed by atoms with E-state index < -0.39 is 6.10 Å². The number of hydrogen-bond donors (Lipinski definition) is 1. The number of aliphatic hydroxyl groups is 1. The SMILES string of the molecule is C#CC(O)CCCCCCCC#CCC/C=C\CC/C=C\CCCCCCCCCCCCCCCC. The predicted octanol–water partition coefficient (Wildman–Crippen LogP) is 11.3. The van der Waals surface area contributed by atoms with Crippen molar-refractivity contribution >= 4 is 0 Å². The highest BCUT2D eigenvalue weighted by Gasteiger charge is 1.97. The fraction of sp³-hybridized carbons (Fsp3) is 0.778. The number of terminal acetylenes is 1. The molecule has 0 saturated heterocycles. The Balaban J connectivity index is 3.25. The van der Waals surface area contributed by atoms with E-state index in [-0.39, 0.29) is 0 Å². The van der Waals surface area contributed by atoms with Gasteiger partial charge in [0.2, 0.25) is 0 Å². The Bertz CT molecular complexity index is 596. The summed E-state index contributed by atoms with van der Waals surface area (Å²) < 4.78 is 0. The third kappa shape index (κ3) is 32.5. The van der Waals surface area contributed by atoms with Crippen LogP contribution in [0.5, 0.6) is 0 Å². The number of unbranched alkanes of at least 4 members (excludes halogenated alkanes) is 21. The van der Waals surface area contributed by atoms with Gasteiger partial charge in [-0.1, -0.05) is 140 Å². The number of rotatable bonds is 27. The van der Waals surface area contributed by atoms with Crippen LogP contribution in [0.2, 0.25) is 0 Å². The smallest absolute Gasteiger partial charge is 0.114 e. The van der Waals surface area contributed by atoms with Crippen LogP contribution in [0.4, 0.5) is 0 Å². The molecule has 0 aliphatic carbocycles. The fourth-order valence-corrected chi connectivity index (χ4v) is 4.62. The Morgan fingerprint density at radius 2 is 0.946 bits per heavy atom. The molecule has 0 amide bonds. The molecule has 1 nitrogen and oxygen atoms in total. The number of aliphatic hydroxyl groups excluding tert-OH is 1. The molecule has 0 aromatic rings. The second-order valence-electron chi connectivity index (χ2n) is 10.8. The molecule has 0 heterocycles. The first-order valence-corrected chi connectivity index (χ1v) is 16.2. The first-order valence-electron chi connectivity index (χ1n) is 16.2. The molecule has 0 aliphatic rings. The van der Waals surface area contributed by atoms with Crippen LogP contribution in [0.3, 0.4) is 0 Å². The van der Waals surface area contributed by atoms with E-state index in [0.29, 0.717) is 0 Å². The molecule has 0 rings (SSSR count). The molecule has 212 valence electrons. The fourth-order valence-electron chi connectivity index (χ4n) is 4.62. The van der Waals surface area contributed by atoms with Crippen LogP contribution >= 0.6 is 0 Å². The molecule has 0 aromatic heterocycles. The van der Waals surface area contributed by atoms with Crippen molar-refractivity contribution in [3.8, 4) is 24.2 Å². The van der Waals surface area contributed by atoms with Crippen LogP contribution in [0.25, 0.3) is 0 Å². The lowest BCUT2D eigenvalue weighted by Gasteiger charge is -2.02. The van der Waals surface area contributed by atoms with E-state index in [9.17, 15) is 5.11 Å². The van der Waals surface area contributed by atoms with Crippen molar-refractivity contribution in [2.24, 2.45) is 0 Å². The quantitative estimate of drug-likeness (QED) is 0.0661. The first-order chi connectivity index (χ1) is 18.3. The first kappa shape index (κ1) is 35.6. The van der Waals surface area contributed by atoms with E-state index in [1.807, 2.05) is 0 Å². The molecule has 1 unspecified atom stereocenters. The monoisotopic (exact) mass is 510 g/mol. The number of allylic oxidation sites excluding steroid dienone is 4. The van der Waals surface area contributed by atoms with E-state index >= 15 is 0 Å². The molecule has 0 spiro atoms. The van der Waals surface area contributed by atoms with E-state index in [1.165, 1.54) is 122 Å². The van der Waals surface area contributed by atoms with Crippen LogP contribution in [-0.4, -0.2) is 11.2 Å². The maximum absolute atomic E-state index is 9.30. The van der Waals surface area contributed by atoms with Crippen molar-refractivity contribution in [2.45, 2.75) is 180 Å². The lowest BCUT2D eigenvalue weighted by molar-refractivity contribution is 0.217. The summed E-state index contributed by atoms with van der Waals surface area (Å²) in [4.78, 5) is 0. The minimum atomic E-state index is -0.556. The van der Waals surface area contributed by atoms with Crippen molar-refractivity contribution < 1.29 is 5.11 Å². The van der Waals surface area contributed by atoms with Crippen LogP contribution in [0.1, 0.15) is 174 Å². The Morgan fingerprint density at radius 3 is 1.51 bits per heavy atom. The van der Waals surface area contributed by atoms with Gasteiger partial charge in [-0.2, -0.15) is 0 Å². The molecule has 37 heavy (non-hydrogen) atoms. The van der Waals surface area contributed by atoms with Gasteiger partial charge in [-0.25, -0.2) is 0 Å². The van der Waals surface area contributed by atoms with Gasteiger partial charge in [0, 0.05) is 12.8 Å². The molecule has 0 aromatic carbocycles. The van der Waals surface area contributed by atoms with E-state index in [1.54, 1.807) is 0 Å². The molecule has 0 bridgehead atoms. The summed E-state index contributed by atoms with van der Waals surface area (Å²) in [6, 6.07) is 0. The summed E-state index contributed by atoms with van der Waals surface area (Å²) in [6.07, 6.45) is 47.3. The third-order valence-corrected chi connectivity index (χ3v) is 7.09. The van der Waals surface area contributed by atoms with Gasteiger partial charge in [-0.3, -0.25) is 0 Å². The highest BCUT2D eigenvalue weighted by Crippen LogP contribution is 2.13. The Kier molecular flexibility index (Phi) is 31.3. The van der Waals surface area contributed by atoms with Crippen LogP contribution in [-0.2, 0) is 0 Å². The van der Waals surface area contributed by atoms with Gasteiger partial charge in [-0.15, -0.1) is 18.3 Å². The molecule has 1 N–H and O–H groups in total. The van der Waals surface area contributed by atoms with Gasteiger partial charge in [0.1, 0.15) is 6.10 Å². The maximum Gasteiger partial charge on any atom is 0.114 e. The summed E-state index contributed by atoms with van der Waals surface area (Å²) >= 11 is 0. The molecular formula is C36H62O. The van der Waals surface area contributed by atoms with Gasteiger partial charge < -0.3 is 5.11 Å². The molecule has 0 saturated carbocycles. The Morgan fingerprint density at radius 1 is 0.514 bits per heavy atom. The van der Waals surface area contributed by atoms with Crippen LogP contribution in [0.15, 0.2) is 24.3 Å². The van der Waals surface area contributed by atoms with E-state index in [2.05, 4.69) is 49.0 Å². The minimum absolute atomic E-state index is 0.556. The molecule has 1 heteroatoms.